The molecule has 1 saturated heterocycles. The Hall–Kier alpha value is -3.16. The third-order valence-corrected chi connectivity index (χ3v) is 6.03. The number of carbonyl (C=O) groups is 3. The molecule has 2 aliphatic rings. The highest BCUT2D eigenvalue weighted by Crippen LogP contribution is 2.36. The van der Waals surface area contributed by atoms with Crippen LogP contribution in [0.1, 0.15) is 19.4 Å². The van der Waals surface area contributed by atoms with E-state index in [1.165, 1.54) is 11.8 Å². The van der Waals surface area contributed by atoms with E-state index >= 15 is 0 Å². The van der Waals surface area contributed by atoms with Crippen LogP contribution in [0.15, 0.2) is 54.2 Å². The number of halogens is 1. The monoisotopic (exact) mass is 452 g/mol. The average molecular weight is 453 g/mol. The SMILES string of the molecule is CCN1CCN(C2=C(c3ccc(NC(C)=O)cc3)C(=O)N(c3ccc(Cl)cc3)C2=O)CC1. The topological polar surface area (TPSA) is 73.0 Å². The maximum absolute atomic E-state index is 13.5. The first-order valence-corrected chi connectivity index (χ1v) is 11.0. The maximum Gasteiger partial charge on any atom is 0.282 e. The second-order valence-corrected chi connectivity index (χ2v) is 8.26. The number of amides is 3. The molecule has 166 valence electrons. The van der Waals surface area contributed by atoms with Crippen LogP contribution in [0.4, 0.5) is 11.4 Å². The molecule has 0 aliphatic carbocycles. The van der Waals surface area contributed by atoms with E-state index in [9.17, 15) is 14.4 Å². The summed E-state index contributed by atoms with van der Waals surface area (Å²) < 4.78 is 0. The van der Waals surface area contributed by atoms with E-state index < -0.39 is 0 Å². The average Bonchev–Trinajstić information content (AvgIpc) is 3.05. The predicted octanol–water partition coefficient (Wildman–Crippen LogP) is 3.22. The Morgan fingerprint density at radius 2 is 1.56 bits per heavy atom. The van der Waals surface area contributed by atoms with E-state index in [0.717, 1.165) is 19.6 Å². The van der Waals surface area contributed by atoms with Crippen molar-refractivity contribution in [3.8, 4) is 0 Å². The first kappa shape index (κ1) is 22.0. The lowest BCUT2D eigenvalue weighted by Crippen LogP contribution is -2.47. The van der Waals surface area contributed by atoms with Gasteiger partial charge in [0.25, 0.3) is 11.8 Å². The Labute approximate surface area is 192 Å². The number of rotatable bonds is 5. The Morgan fingerprint density at radius 3 is 2.12 bits per heavy atom. The number of carbonyl (C=O) groups excluding carboxylic acids is 3. The molecule has 7 nitrogen and oxygen atoms in total. The Bertz CT molecular complexity index is 1070. The molecule has 0 aromatic heterocycles. The number of nitrogens with one attached hydrogen (secondary N) is 1. The third-order valence-electron chi connectivity index (χ3n) is 5.77. The summed E-state index contributed by atoms with van der Waals surface area (Å²) in [5, 5.41) is 3.26. The van der Waals surface area contributed by atoms with Gasteiger partial charge < -0.3 is 15.1 Å². The number of nitrogens with zero attached hydrogens (tertiary/aromatic N) is 3. The molecular formula is C24H25ClN4O3. The van der Waals surface area contributed by atoms with Gasteiger partial charge in [-0.25, -0.2) is 4.90 Å². The van der Waals surface area contributed by atoms with Gasteiger partial charge in [-0.15, -0.1) is 0 Å². The molecule has 0 bridgehead atoms. The van der Waals surface area contributed by atoms with Crippen molar-refractivity contribution in [3.05, 3.63) is 64.8 Å². The molecule has 0 saturated carbocycles. The lowest BCUT2D eigenvalue weighted by atomic mass is 10.0. The highest BCUT2D eigenvalue weighted by Gasteiger charge is 2.43. The molecule has 2 aromatic carbocycles. The summed E-state index contributed by atoms with van der Waals surface area (Å²) >= 11 is 6.00. The van der Waals surface area contributed by atoms with Gasteiger partial charge in [-0.1, -0.05) is 30.7 Å². The van der Waals surface area contributed by atoms with Gasteiger partial charge in [-0.3, -0.25) is 14.4 Å². The number of anilines is 2. The summed E-state index contributed by atoms with van der Waals surface area (Å²) in [6.07, 6.45) is 0. The molecule has 0 spiro atoms. The molecule has 4 rings (SSSR count). The van der Waals surface area contributed by atoms with Crippen LogP contribution in [-0.4, -0.2) is 60.2 Å². The lowest BCUT2D eigenvalue weighted by molar-refractivity contribution is -0.121. The van der Waals surface area contributed by atoms with Gasteiger partial charge in [0.2, 0.25) is 5.91 Å². The number of likely N-dealkylation sites (N-methyl/N-ethyl adjacent to an activating group) is 1. The molecule has 2 aromatic rings. The summed E-state index contributed by atoms with van der Waals surface area (Å²) in [6.45, 7) is 7.51. The molecule has 0 unspecified atom stereocenters. The van der Waals surface area contributed by atoms with Crippen LogP contribution in [0.5, 0.6) is 0 Å². The highest BCUT2D eigenvalue weighted by atomic mass is 35.5. The molecule has 1 N–H and O–H groups in total. The van der Waals surface area contributed by atoms with Gasteiger partial charge in [0.05, 0.1) is 11.3 Å². The van der Waals surface area contributed by atoms with Crippen LogP contribution in [0, 0.1) is 0 Å². The van der Waals surface area contributed by atoms with Crippen LogP contribution in [-0.2, 0) is 14.4 Å². The summed E-state index contributed by atoms with van der Waals surface area (Å²) in [5.74, 6) is -0.867. The van der Waals surface area contributed by atoms with Crippen molar-refractivity contribution >= 4 is 46.3 Å². The van der Waals surface area contributed by atoms with Crippen molar-refractivity contribution in [2.24, 2.45) is 0 Å². The van der Waals surface area contributed by atoms with E-state index in [1.807, 2.05) is 4.90 Å². The second kappa shape index (κ2) is 9.14. The number of imide groups is 1. The molecule has 0 radical (unpaired) electrons. The molecule has 0 atom stereocenters. The normalized spacial score (nSPS) is 17.3. The molecule has 2 heterocycles. The summed E-state index contributed by atoms with van der Waals surface area (Å²) in [5.41, 5.74) is 2.56. The molecule has 1 fully saturated rings. The van der Waals surface area contributed by atoms with E-state index in [1.54, 1.807) is 48.5 Å². The number of hydrogen-bond acceptors (Lipinski definition) is 5. The van der Waals surface area contributed by atoms with E-state index in [4.69, 9.17) is 11.6 Å². The first-order chi connectivity index (χ1) is 15.4. The summed E-state index contributed by atoms with van der Waals surface area (Å²) in [6, 6.07) is 13.7. The minimum Gasteiger partial charge on any atom is -0.364 e. The number of benzene rings is 2. The van der Waals surface area contributed by atoms with E-state index in [2.05, 4.69) is 17.1 Å². The van der Waals surface area contributed by atoms with Crippen LogP contribution < -0.4 is 10.2 Å². The van der Waals surface area contributed by atoms with Crippen molar-refractivity contribution in [3.63, 3.8) is 0 Å². The smallest absolute Gasteiger partial charge is 0.282 e. The fourth-order valence-electron chi connectivity index (χ4n) is 4.11. The van der Waals surface area contributed by atoms with Gasteiger partial charge in [0.1, 0.15) is 5.70 Å². The molecule has 8 heteroatoms. The summed E-state index contributed by atoms with van der Waals surface area (Å²) in [7, 11) is 0. The zero-order valence-electron chi connectivity index (χ0n) is 18.1. The number of piperazine rings is 1. The fraction of sp³-hybridized carbons (Fsp3) is 0.292. The molecule has 32 heavy (non-hydrogen) atoms. The zero-order chi connectivity index (χ0) is 22.8. The maximum atomic E-state index is 13.5. The standard InChI is InChI=1S/C24H25ClN4O3/c1-3-27-12-14-28(15-13-27)22-21(17-4-8-19(9-5-17)26-16(2)30)23(31)29(24(22)32)20-10-6-18(25)7-11-20/h4-11H,3,12-15H2,1-2H3,(H,26,30). The van der Waals surface area contributed by atoms with Crippen molar-refractivity contribution in [2.45, 2.75) is 13.8 Å². The molecule has 3 amide bonds. The van der Waals surface area contributed by atoms with Crippen LogP contribution in [0.25, 0.3) is 5.57 Å². The minimum absolute atomic E-state index is 0.174. The fourth-order valence-corrected chi connectivity index (χ4v) is 4.23. The largest absolute Gasteiger partial charge is 0.364 e. The van der Waals surface area contributed by atoms with Crippen LogP contribution >= 0.6 is 11.6 Å². The van der Waals surface area contributed by atoms with Gasteiger partial charge in [-0.05, 0) is 48.5 Å². The second-order valence-electron chi connectivity index (χ2n) is 7.83. The van der Waals surface area contributed by atoms with Crippen molar-refractivity contribution in [1.29, 1.82) is 0 Å². The Morgan fingerprint density at radius 1 is 0.938 bits per heavy atom. The van der Waals surface area contributed by atoms with Crippen LogP contribution in [0.2, 0.25) is 5.02 Å². The predicted molar refractivity (Wildman–Crippen MR) is 125 cm³/mol. The molecular weight excluding hydrogens is 428 g/mol. The van der Waals surface area contributed by atoms with Crippen LogP contribution in [0.3, 0.4) is 0 Å². The van der Waals surface area contributed by atoms with Crippen molar-refractivity contribution in [2.75, 3.05) is 42.9 Å². The number of hydrogen-bond donors (Lipinski definition) is 1. The van der Waals surface area contributed by atoms with Gasteiger partial charge >= 0.3 is 0 Å². The Kier molecular flexibility index (Phi) is 6.30. The van der Waals surface area contributed by atoms with Crippen molar-refractivity contribution in [1.82, 2.24) is 9.80 Å². The zero-order valence-corrected chi connectivity index (χ0v) is 18.9. The highest BCUT2D eigenvalue weighted by molar-refractivity contribution is 6.45. The molecule has 2 aliphatic heterocycles. The third kappa shape index (κ3) is 4.26. The lowest BCUT2D eigenvalue weighted by Gasteiger charge is -2.36. The minimum atomic E-state index is -0.363. The van der Waals surface area contributed by atoms with Gasteiger partial charge in [0.15, 0.2) is 0 Å². The van der Waals surface area contributed by atoms with Crippen molar-refractivity contribution < 1.29 is 14.4 Å². The summed E-state index contributed by atoms with van der Waals surface area (Å²) in [4.78, 5) is 44.0. The van der Waals surface area contributed by atoms with Gasteiger partial charge in [0, 0.05) is 43.8 Å². The Balaban J connectivity index is 1.74. The quantitative estimate of drug-likeness (QED) is 0.705. The van der Waals surface area contributed by atoms with Gasteiger partial charge in [-0.2, -0.15) is 0 Å². The van der Waals surface area contributed by atoms with E-state index in [-0.39, 0.29) is 17.7 Å². The first-order valence-electron chi connectivity index (χ1n) is 10.6. The van der Waals surface area contributed by atoms with E-state index in [0.29, 0.717) is 46.3 Å².